The predicted octanol–water partition coefficient (Wildman–Crippen LogP) is 0.196. The molecule has 3 amide bonds. The van der Waals surface area contributed by atoms with Gasteiger partial charge in [0.1, 0.15) is 0 Å². The van der Waals surface area contributed by atoms with Gasteiger partial charge in [-0.3, -0.25) is 9.59 Å². The highest BCUT2D eigenvalue weighted by Crippen LogP contribution is 2.38. The summed E-state index contributed by atoms with van der Waals surface area (Å²) in [4.78, 5) is 32.9. The van der Waals surface area contributed by atoms with E-state index in [1.54, 1.807) is 0 Å². The third-order valence-corrected chi connectivity index (χ3v) is 3.49. The van der Waals surface area contributed by atoms with Gasteiger partial charge in [0.2, 0.25) is 5.91 Å². The zero-order valence-corrected chi connectivity index (χ0v) is 10.9. The number of carboxylic acids is 1. The fraction of sp³-hybridized carbons (Fsp3) is 0.750. The molecule has 1 aliphatic rings. The number of carbonyl (C=O) groups excluding carboxylic acids is 2. The normalized spacial score (nSPS) is 17.5. The molecule has 1 aliphatic carbocycles. The van der Waals surface area contributed by atoms with E-state index in [0.29, 0.717) is 6.54 Å². The Morgan fingerprint density at radius 2 is 1.74 bits per heavy atom. The Balaban J connectivity index is 2.46. The topological polar surface area (TPSA) is 122 Å². The molecule has 0 saturated heterocycles. The van der Waals surface area contributed by atoms with Gasteiger partial charge in [0, 0.05) is 6.54 Å². The minimum atomic E-state index is -0.846. The molecular formula is C12H21N3O4. The summed E-state index contributed by atoms with van der Waals surface area (Å²) >= 11 is 0. The lowest BCUT2D eigenvalue weighted by Gasteiger charge is -2.36. The maximum Gasteiger partial charge on any atom is 0.315 e. The summed E-state index contributed by atoms with van der Waals surface area (Å²) in [6.07, 6.45) is 4.73. The van der Waals surface area contributed by atoms with Gasteiger partial charge in [0.15, 0.2) is 0 Å². The van der Waals surface area contributed by atoms with E-state index in [4.69, 9.17) is 10.8 Å². The number of amides is 3. The Labute approximate surface area is 111 Å². The fourth-order valence-electron chi connectivity index (χ4n) is 2.54. The number of aliphatic carboxylic acids is 1. The lowest BCUT2D eigenvalue weighted by Crippen LogP contribution is -2.46. The van der Waals surface area contributed by atoms with Crippen molar-refractivity contribution in [1.29, 1.82) is 0 Å². The van der Waals surface area contributed by atoms with Crippen molar-refractivity contribution in [1.82, 2.24) is 10.6 Å². The molecule has 7 heteroatoms. The number of carbonyl (C=O) groups is 3. The Morgan fingerprint density at radius 1 is 1.11 bits per heavy atom. The van der Waals surface area contributed by atoms with E-state index in [-0.39, 0.29) is 18.4 Å². The molecule has 0 aromatic heterocycles. The van der Waals surface area contributed by atoms with E-state index < -0.39 is 17.9 Å². The number of hydrogen-bond donors (Lipinski definition) is 4. The van der Waals surface area contributed by atoms with Crippen LogP contribution >= 0.6 is 0 Å². The molecule has 7 nitrogen and oxygen atoms in total. The maximum absolute atomic E-state index is 11.4. The van der Waals surface area contributed by atoms with Gasteiger partial charge in [0.25, 0.3) is 0 Å². The van der Waals surface area contributed by atoms with Crippen molar-refractivity contribution in [2.75, 3.05) is 13.1 Å². The lowest BCUT2D eigenvalue weighted by atomic mass is 9.72. The number of primary amides is 1. The molecule has 1 fully saturated rings. The van der Waals surface area contributed by atoms with Gasteiger partial charge in [-0.15, -0.1) is 0 Å². The second kappa shape index (κ2) is 6.96. The van der Waals surface area contributed by atoms with Crippen molar-refractivity contribution < 1.29 is 19.5 Å². The summed E-state index contributed by atoms with van der Waals surface area (Å²) in [7, 11) is 0. The highest BCUT2D eigenvalue weighted by Gasteiger charge is 2.34. The highest BCUT2D eigenvalue weighted by atomic mass is 16.4. The smallest absolute Gasteiger partial charge is 0.315 e. The van der Waals surface area contributed by atoms with Crippen LogP contribution in [-0.4, -0.2) is 36.1 Å². The van der Waals surface area contributed by atoms with Crippen molar-refractivity contribution in [3.8, 4) is 0 Å². The van der Waals surface area contributed by atoms with Gasteiger partial charge < -0.3 is 21.5 Å². The zero-order chi connectivity index (χ0) is 14.3. The molecule has 5 N–H and O–H groups in total. The van der Waals surface area contributed by atoms with E-state index in [2.05, 4.69) is 10.6 Å². The van der Waals surface area contributed by atoms with Crippen LogP contribution in [0, 0.1) is 5.41 Å². The van der Waals surface area contributed by atoms with Crippen LogP contribution in [0.15, 0.2) is 0 Å². The van der Waals surface area contributed by atoms with E-state index in [1.165, 1.54) is 0 Å². The van der Waals surface area contributed by atoms with Gasteiger partial charge in [0.05, 0.1) is 13.0 Å². The molecule has 1 saturated carbocycles. The maximum atomic E-state index is 11.4. The van der Waals surface area contributed by atoms with Crippen LogP contribution in [0.2, 0.25) is 0 Å². The van der Waals surface area contributed by atoms with Crippen LogP contribution in [0.25, 0.3) is 0 Å². The van der Waals surface area contributed by atoms with E-state index in [9.17, 15) is 14.4 Å². The van der Waals surface area contributed by atoms with Crippen LogP contribution < -0.4 is 16.4 Å². The molecule has 0 aromatic carbocycles. The number of urea groups is 1. The van der Waals surface area contributed by atoms with Crippen molar-refractivity contribution in [2.24, 2.45) is 11.1 Å². The second-order valence-electron chi connectivity index (χ2n) is 5.13. The van der Waals surface area contributed by atoms with Crippen molar-refractivity contribution in [2.45, 2.75) is 38.5 Å². The van der Waals surface area contributed by atoms with Gasteiger partial charge in [-0.05, 0) is 18.3 Å². The van der Waals surface area contributed by atoms with Gasteiger partial charge in [-0.2, -0.15) is 0 Å². The fourth-order valence-corrected chi connectivity index (χ4v) is 2.54. The summed E-state index contributed by atoms with van der Waals surface area (Å²) in [6, 6.07) is -0.492. The van der Waals surface area contributed by atoms with E-state index in [0.717, 1.165) is 32.1 Å². The van der Waals surface area contributed by atoms with Crippen molar-refractivity contribution >= 4 is 17.9 Å². The second-order valence-corrected chi connectivity index (χ2v) is 5.13. The number of carboxylic acid groups (broad SMARTS) is 1. The first-order valence-corrected chi connectivity index (χ1v) is 6.45. The first-order valence-electron chi connectivity index (χ1n) is 6.45. The summed E-state index contributed by atoms with van der Waals surface area (Å²) in [5, 5.41) is 13.9. The third-order valence-electron chi connectivity index (χ3n) is 3.49. The molecule has 0 bridgehead atoms. The SMILES string of the molecule is NC(=O)CNC(=O)NCC1(CC(=O)O)CCCCC1. The van der Waals surface area contributed by atoms with Crippen LogP contribution in [-0.2, 0) is 9.59 Å². The summed E-state index contributed by atoms with van der Waals surface area (Å²) in [5.41, 5.74) is 4.55. The van der Waals surface area contributed by atoms with Crippen LogP contribution in [0.3, 0.4) is 0 Å². The Bertz CT molecular complexity index is 351. The monoisotopic (exact) mass is 271 g/mol. The molecule has 0 atom stereocenters. The van der Waals surface area contributed by atoms with Crippen molar-refractivity contribution in [3.63, 3.8) is 0 Å². The van der Waals surface area contributed by atoms with E-state index >= 15 is 0 Å². The van der Waals surface area contributed by atoms with Crippen LogP contribution in [0.5, 0.6) is 0 Å². The first-order chi connectivity index (χ1) is 8.93. The molecular weight excluding hydrogens is 250 g/mol. The summed E-state index contributed by atoms with van der Waals surface area (Å²) in [5.74, 6) is -1.46. The Hall–Kier alpha value is -1.79. The molecule has 0 heterocycles. The average molecular weight is 271 g/mol. The molecule has 0 aromatic rings. The highest BCUT2D eigenvalue weighted by molar-refractivity contribution is 5.82. The third kappa shape index (κ3) is 5.58. The minimum absolute atomic E-state index is 0.0586. The number of hydrogen-bond acceptors (Lipinski definition) is 3. The molecule has 0 aliphatic heterocycles. The lowest BCUT2D eigenvalue weighted by molar-refractivity contribution is -0.140. The molecule has 0 spiro atoms. The van der Waals surface area contributed by atoms with Gasteiger partial charge in [-0.1, -0.05) is 19.3 Å². The Morgan fingerprint density at radius 3 is 2.26 bits per heavy atom. The Kier molecular flexibility index (Phi) is 5.59. The summed E-state index contributed by atoms with van der Waals surface area (Å²) < 4.78 is 0. The largest absolute Gasteiger partial charge is 0.481 e. The average Bonchev–Trinajstić information content (AvgIpc) is 2.34. The summed E-state index contributed by atoms with van der Waals surface area (Å²) in [6.45, 7) is 0.0850. The molecule has 0 unspecified atom stereocenters. The predicted molar refractivity (Wildman–Crippen MR) is 68.4 cm³/mol. The molecule has 19 heavy (non-hydrogen) atoms. The first kappa shape index (κ1) is 15.3. The number of nitrogens with one attached hydrogen (secondary N) is 2. The number of nitrogens with two attached hydrogens (primary N) is 1. The molecule has 1 rings (SSSR count). The zero-order valence-electron chi connectivity index (χ0n) is 10.9. The van der Waals surface area contributed by atoms with Gasteiger partial charge in [-0.25, -0.2) is 4.79 Å². The quantitative estimate of drug-likeness (QED) is 0.551. The van der Waals surface area contributed by atoms with Crippen LogP contribution in [0.1, 0.15) is 38.5 Å². The molecule has 0 radical (unpaired) electrons. The molecule has 108 valence electrons. The van der Waals surface area contributed by atoms with Crippen molar-refractivity contribution in [3.05, 3.63) is 0 Å². The van der Waals surface area contributed by atoms with Gasteiger partial charge >= 0.3 is 12.0 Å². The van der Waals surface area contributed by atoms with Crippen LogP contribution in [0.4, 0.5) is 4.79 Å². The number of rotatable bonds is 6. The standard InChI is InChI=1S/C12H21N3O4/c13-9(16)7-14-11(19)15-8-12(6-10(17)18)4-2-1-3-5-12/h1-8H2,(H2,13,16)(H,17,18)(H2,14,15,19). The minimum Gasteiger partial charge on any atom is -0.481 e. The van der Waals surface area contributed by atoms with E-state index in [1.807, 2.05) is 0 Å².